The number of nitrogens with zero attached hydrogens (tertiary/aromatic N) is 5. The van der Waals surface area contributed by atoms with Crippen molar-refractivity contribution in [3.05, 3.63) is 60.2 Å². The van der Waals surface area contributed by atoms with E-state index in [1.165, 1.54) is 0 Å². The first-order valence-electron chi connectivity index (χ1n) is 15.0. The van der Waals surface area contributed by atoms with Gasteiger partial charge in [0.05, 0.1) is 25.0 Å². The Morgan fingerprint density at radius 1 is 1.09 bits per heavy atom. The number of hydrogen-bond donors (Lipinski definition) is 0. The van der Waals surface area contributed by atoms with Gasteiger partial charge >= 0.3 is 6.09 Å². The van der Waals surface area contributed by atoms with Crippen molar-refractivity contribution in [1.82, 2.24) is 24.2 Å². The van der Waals surface area contributed by atoms with Crippen molar-refractivity contribution in [1.29, 1.82) is 0 Å². The minimum absolute atomic E-state index is 0.321. The van der Waals surface area contributed by atoms with E-state index in [2.05, 4.69) is 49.5 Å². The SMILES string of the molecule is Cc1cn(COCC[Si](C)(C)C)c2nccc(-c3c(-c4cccc5ccoc45)nn4c3CN(C(=O)OC(C)(C)C)CC4)c12. The first-order valence-corrected chi connectivity index (χ1v) is 18.7. The second-order valence-electron chi connectivity index (χ2n) is 13.6. The molecule has 1 aliphatic rings. The zero-order chi connectivity index (χ0) is 30.5. The van der Waals surface area contributed by atoms with Gasteiger partial charge in [-0.15, -0.1) is 0 Å². The van der Waals surface area contributed by atoms with Gasteiger partial charge in [0.25, 0.3) is 0 Å². The number of furan rings is 1. The third-order valence-electron chi connectivity index (χ3n) is 7.81. The minimum atomic E-state index is -1.19. The number of carbonyl (C=O) groups excluding carboxylic acids is 1. The molecule has 226 valence electrons. The molecule has 0 radical (unpaired) electrons. The fraction of sp³-hybridized carbons (Fsp3) is 0.424. The predicted molar refractivity (Wildman–Crippen MR) is 172 cm³/mol. The highest BCUT2D eigenvalue weighted by atomic mass is 28.3. The standard InChI is InChI=1S/C33H41N5O4Si/c1-22-19-37(21-40-17-18-43(5,6)7)31-27(22)24(11-13-34-31)28-26-20-36(32(39)42-33(2,3)4)14-15-38(26)35-29(28)25-10-8-9-23-12-16-41-30(23)25/h8-13,16,19H,14-15,17-18,20-21H2,1-7H3. The highest BCUT2D eigenvalue weighted by Crippen LogP contribution is 2.42. The second-order valence-corrected chi connectivity index (χ2v) is 19.2. The molecule has 1 aliphatic heterocycles. The molecule has 4 aromatic heterocycles. The number of pyridine rings is 1. The van der Waals surface area contributed by atoms with E-state index in [1.807, 2.05) is 49.8 Å². The van der Waals surface area contributed by atoms with Crippen molar-refractivity contribution in [2.24, 2.45) is 0 Å². The Labute approximate surface area is 253 Å². The van der Waals surface area contributed by atoms with Gasteiger partial charge < -0.3 is 23.4 Å². The number of benzene rings is 1. The lowest BCUT2D eigenvalue weighted by Gasteiger charge is -2.31. The van der Waals surface area contributed by atoms with Crippen LogP contribution in [0.3, 0.4) is 0 Å². The first kappa shape index (κ1) is 29.2. The van der Waals surface area contributed by atoms with Crippen LogP contribution >= 0.6 is 0 Å². The van der Waals surface area contributed by atoms with Gasteiger partial charge in [0.1, 0.15) is 29.3 Å². The number of fused-ring (bicyclic) bond motifs is 3. The minimum Gasteiger partial charge on any atom is -0.464 e. The lowest BCUT2D eigenvalue weighted by molar-refractivity contribution is 0.0195. The number of amides is 1. The van der Waals surface area contributed by atoms with Gasteiger partial charge in [-0.05, 0) is 63.1 Å². The summed E-state index contributed by atoms with van der Waals surface area (Å²) >= 11 is 0. The van der Waals surface area contributed by atoms with Gasteiger partial charge in [-0.2, -0.15) is 5.10 Å². The van der Waals surface area contributed by atoms with Crippen LogP contribution < -0.4 is 0 Å². The number of aromatic nitrogens is 4. The molecule has 0 atom stereocenters. The van der Waals surface area contributed by atoms with Gasteiger partial charge in [-0.25, -0.2) is 9.78 Å². The van der Waals surface area contributed by atoms with Gasteiger partial charge in [0.15, 0.2) is 0 Å². The Balaban J connectivity index is 1.48. The lowest BCUT2D eigenvalue weighted by Crippen LogP contribution is -2.41. The summed E-state index contributed by atoms with van der Waals surface area (Å²) in [6.07, 6.45) is 5.36. The van der Waals surface area contributed by atoms with E-state index in [1.54, 1.807) is 11.2 Å². The largest absolute Gasteiger partial charge is 0.464 e. The van der Waals surface area contributed by atoms with Gasteiger partial charge in [0.2, 0.25) is 0 Å². The molecule has 0 spiro atoms. The summed E-state index contributed by atoms with van der Waals surface area (Å²) in [4.78, 5) is 19.8. The molecule has 0 N–H and O–H groups in total. The fourth-order valence-electron chi connectivity index (χ4n) is 5.72. The quantitative estimate of drug-likeness (QED) is 0.141. The highest BCUT2D eigenvalue weighted by Gasteiger charge is 2.32. The van der Waals surface area contributed by atoms with Crippen LogP contribution in [0.15, 0.2) is 53.4 Å². The molecule has 1 amide bonds. The van der Waals surface area contributed by atoms with E-state index >= 15 is 0 Å². The van der Waals surface area contributed by atoms with Crippen LogP contribution in [-0.2, 0) is 29.3 Å². The first-order chi connectivity index (χ1) is 20.4. The van der Waals surface area contributed by atoms with Crippen LogP contribution in [-0.4, -0.2) is 57.2 Å². The zero-order valence-electron chi connectivity index (χ0n) is 26.2. The molecule has 0 fully saturated rings. The summed E-state index contributed by atoms with van der Waals surface area (Å²) in [5.41, 5.74) is 6.89. The van der Waals surface area contributed by atoms with Gasteiger partial charge in [-0.3, -0.25) is 4.68 Å². The number of hydrogen-bond acceptors (Lipinski definition) is 6. The Morgan fingerprint density at radius 3 is 2.67 bits per heavy atom. The topological polar surface area (TPSA) is 87.5 Å². The van der Waals surface area contributed by atoms with Crippen molar-refractivity contribution >= 4 is 36.2 Å². The summed E-state index contributed by atoms with van der Waals surface area (Å²) in [7, 11) is -1.19. The fourth-order valence-corrected chi connectivity index (χ4v) is 6.47. The monoisotopic (exact) mass is 599 g/mol. The van der Waals surface area contributed by atoms with Crippen molar-refractivity contribution in [2.75, 3.05) is 13.2 Å². The molecule has 0 saturated carbocycles. The molecule has 9 nitrogen and oxygen atoms in total. The van der Waals surface area contributed by atoms with Crippen molar-refractivity contribution in [2.45, 2.75) is 78.8 Å². The number of aryl methyl sites for hydroxylation is 1. The summed E-state index contributed by atoms with van der Waals surface area (Å²) in [6.45, 7) is 17.5. The molecule has 0 saturated heterocycles. The molecular formula is C33H41N5O4Si. The maximum absolute atomic E-state index is 13.2. The third-order valence-corrected chi connectivity index (χ3v) is 9.51. The van der Waals surface area contributed by atoms with E-state index in [9.17, 15) is 4.79 Å². The Hall–Kier alpha value is -3.89. The second kappa shape index (κ2) is 11.0. The van der Waals surface area contributed by atoms with Gasteiger partial charge in [0, 0.05) is 55.5 Å². The van der Waals surface area contributed by atoms with E-state index in [0.29, 0.717) is 26.4 Å². The summed E-state index contributed by atoms with van der Waals surface area (Å²) in [5.74, 6) is 0. The molecular weight excluding hydrogens is 558 g/mol. The lowest BCUT2D eigenvalue weighted by atomic mass is 9.95. The normalized spacial score (nSPS) is 14.1. The number of rotatable bonds is 7. The average molecular weight is 600 g/mol. The maximum atomic E-state index is 13.2. The van der Waals surface area contributed by atoms with Crippen molar-refractivity contribution < 1.29 is 18.7 Å². The molecule has 10 heteroatoms. The van der Waals surface area contributed by atoms with Gasteiger partial charge in [-0.1, -0.05) is 31.8 Å². The molecule has 43 heavy (non-hydrogen) atoms. The molecule has 0 bridgehead atoms. The van der Waals surface area contributed by atoms with Crippen LogP contribution in [0, 0.1) is 6.92 Å². The van der Waals surface area contributed by atoms with E-state index in [4.69, 9.17) is 24.0 Å². The van der Waals surface area contributed by atoms with E-state index in [0.717, 1.165) is 68.3 Å². The average Bonchev–Trinajstić information content (AvgIpc) is 3.64. The number of para-hydroxylation sites is 1. The van der Waals surface area contributed by atoms with Crippen LogP contribution in [0.25, 0.3) is 44.4 Å². The zero-order valence-corrected chi connectivity index (χ0v) is 27.2. The molecule has 1 aromatic carbocycles. The highest BCUT2D eigenvalue weighted by molar-refractivity contribution is 6.76. The summed E-state index contributed by atoms with van der Waals surface area (Å²) in [6, 6.07) is 11.3. The third kappa shape index (κ3) is 5.86. The molecule has 0 unspecified atom stereocenters. The van der Waals surface area contributed by atoms with Crippen molar-refractivity contribution in [3.8, 4) is 22.4 Å². The van der Waals surface area contributed by atoms with E-state index < -0.39 is 13.7 Å². The Morgan fingerprint density at radius 2 is 1.91 bits per heavy atom. The van der Waals surface area contributed by atoms with Crippen LogP contribution in [0.5, 0.6) is 0 Å². The van der Waals surface area contributed by atoms with Crippen LogP contribution in [0.2, 0.25) is 25.7 Å². The molecule has 5 heterocycles. The van der Waals surface area contributed by atoms with E-state index in [-0.39, 0.29) is 6.09 Å². The molecule has 0 aliphatic carbocycles. The Bertz CT molecular complexity index is 1800. The van der Waals surface area contributed by atoms with Crippen molar-refractivity contribution in [3.63, 3.8) is 0 Å². The predicted octanol–water partition coefficient (Wildman–Crippen LogP) is 7.68. The molecule has 5 aromatic rings. The van der Waals surface area contributed by atoms with Crippen LogP contribution in [0.4, 0.5) is 4.79 Å². The summed E-state index contributed by atoms with van der Waals surface area (Å²) < 4.78 is 22.0. The Kier molecular flexibility index (Phi) is 7.46. The smallest absolute Gasteiger partial charge is 0.410 e. The molecule has 6 rings (SSSR count). The number of ether oxygens (including phenoxy) is 2. The van der Waals surface area contributed by atoms with Crippen LogP contribution in [0.1, 0.15) is 32.0 Å². The number of carbonyl (C=O) groups is 1. The summed E-state index contributed by atoms with van der Waals surface area (Å²) in [5, 5.41) is 7.22. The maximum Gasteiger partial charge on any atom is 0.410 e.